The van der Waals surface area contributed by atoms with Crippen LogP contribution in [0.2, 0.25) is 19.6 Å². The van der Waals surface area contributed by atoms with Crippen LogP contribution in [0, 0.1) is 12.3 Å². The van der Waals surface area contributed by atoms with Crippen molar-refractivity contribution >= 4 is 19.4 Å². The van der Waals surface area contributed by atoms with Crippen LogP contribution in [0.4, 0.5) is 0 Å². The fourth-order valence-electron chi connectivity index (χ4n) is 0.673. The molecular weight excluding hydrogens is 184 g/mol. The van der Waals surface area contributed by atoms with Crippen molar-refractivity contribution in [3.05, 3.63) is 5.53 Å². The standard InChI is InChI=1S/C8H12N2O2Si/c1-5-6-12-8(11)7(10-9)13(2,3)4/h1H,6H2,2-4H3. The Labute approximate surface area is 78.5 Å². The molecule has 0 rings (SSSR count). The Morgan fingerprint density at radius 3 is 2.46 bits per heavy atom. The highest BCUT2D eigenvalue weighted by Crippen LogP contribution is 2.03. The summed E-state index contributed by atoms with van der Waals surface area (Å²) in [6, 6.07) is 0. The lowest BCUT2D eigenvalue weighted by Crippen LogP contribution is -2.41. The van der Waals surface area contributed by atoms with Crippen molar-refractivity contribution in [2.24, 2.45) is 0 Å². The van der Waals surface area contributed by atoms with E-state index in [1.165, 1.54) is 0 Å². The number of esters is 1. The lowest BCUT2D eigenvalue weighted by atomic mass is 10.7. The number of hydrogen-bond acceptors (Lipinski definition) is 2. The molecule has 0 heterocycles. The van der Waals surface area contributed by atoms with E-state index in [0.717, 1.165) is 0 Å². The van der Waals surface area contributed by atoms with Gasteiger partial charge in [0.25, 0.3) is 0 Å². The Morgan fingerprint density at radius 1 is 1.62 bits per heavy atom. The molecule has 70 valence electrons. The lowest BCUT2D eigenvalue weighted by Gasteiger charge is -2.07. The molecule has 0 saturated heterocycles. The summed E-state index contributed by atoms with van der Waals surface area (Å²) >= 11 is 0. The van der Waals surface area contributed by atoms with Crippen LogP contribution in [-0.4, -0.2) is 30.8 Å². The SMILES string of the molecule is C#CCOC(=O)C(=[N+]=[N-])[Si](C)(C)C. The highest BCUT2D eigenvalue weighted by Gasteiger charge is 2.37. The first-order valence-electron chi connectivity index (χ1n) is 3.76. The maximum atomic E-state index is 11.2. The molecule has 4 nitrogen and oxygen atoms in total. The summed E-state index contributed by atoms with van der Waals surface area (Å²) in [5.41, 5.74) is 8.60. The normalized spacial score (nSPS) is 9.69. The Balaban J connectivity index is 4.57. The molecule has 0 saturated carbocycles. The summed E-state index contributed by atoms with van der Waals surface area (Å²) in [5, 5.41) is 0.0998. The van der Waals surface area contributed by atoms with Gasteiger partial charge in [0.1, 0.15) is 0 Å². The minimum absolute atomic E-state index is 0.0949. The zero-order valence-corrected chi connectivity index (χ0v) is 9.00. The van der Waals surface area contributed by atoms with E-state index < -0.39 is 14.0 Å². The number of carbonyl (C=O) groups is 1. The van der Waals surface area contributed by atoms with Gasteiger partial charge >= 0.3 is 11.3 Å². The average molecular weight is 196 g/mol. The zero-order chi connectivity index (χ0) is 10.5. The molecule has 0 aliphatic carbocycles. The first-order chi connectivity index (χ1) is 5.93. The molecule has 0 aromatic carbocycles. The summed E-state index contributed by atoms with van der Waals surface area (Å²) in [6.45, 7) is 5.53. The summed E-state index contributed by atoms with van der Waals surface area (Å²) in [5.74, 6) is 1.54. The van der Waals surface area contributed by atoms with Crippen molar-refractivity contribution in [1.82, 2.24) is 0 Å². The van der Waals surface area contributed by atoms with E-state index >= 15 is 0 Å². The molecule has 0 unspecified atom stereocenters. The topological polar surface area (TPSA) is 62.7 Å². The second kappa shape index (κ2) is 4.60. The van der Waals surface area contributed by atoms with Crippen molar-refractivity contribution in [2.45, 2.75) is 19.6 Å². The smallest absolute Gasteiger partial charge is 0.410 e. The molecule has 0 radical (unpaired) electrons. The predicted molar refractivity (Wildman–Crippen MR) is 51.8 cm³/mol. The summed E-state index contributed by atoms with van der Waals surface area (Å²) < 4.78 is 4.64. The van der Waals surface area contributed by atoms with Gasteiger partial charge in [0.15, 0.2) is 14.7 Å². The van der Waals surface area contributed by atoms with Gasteiger partial charge in [-0.1, -0.05) is 25.6 Å². The summed E-state index contributed by atoms with van der Waals surface area (Å²) in [6.07, 6.45) is 4.91. The van der Waals surface area contributed by atoms with Crippen molar-refractivity contribution in [3.63, 3.8) is 0 Å². The van der Waals surface area contributed by atoms with E-state index in [2.05, 4.69) is 15.4 Å². The molecule has 0 aromatic rings. The maximum Gasteiger partial charge on any atom is 0.410 e. The predicted octanol–water partition coefficient (Wildman–Crippen LogP) is 0.711. The molecule has 0 aliphatic heterocycles. The number of rotatable bonds is 3. The van der Waals surface area contributed by atoms with Gasteiger partial charge in [0, 0.05) is 0 Å². The molecule has 0 bridgehead atoms. The van der Waals surface area contributed by atoms with Crippen molar-refractivity contribution in [2.75, 3.05) is 6.61 Å². The highest BCUT2D eigenvalue weighted by atomic mass is 28.3. The van der Waals surface area contributed by atoms with E-state index in [1.54, 1.807) is 0 Å². The third-order valence-corrected chi connectivity index (χ3v) is 3.02. The first kappa shape index (κ1) is 11.6. The van der Waals surface area contributed by atoms with Crippen LogP contribution in [0.15, 0.2) is 0 Å². The van der Waals surface area contributed by atoms with E-state index in [1.807, 2.05) is 19.6 Å². The van der Waals surface area contributed by atoms with E-state index in [4.69, 9.17) is 12.0 Å². The van der Waals surface area contributed by atoms with Gasteiger partial charge in [-0.3, -0.25) is 0 Å². The zero-order valence-electron chi connectivity index (χ0n) is 8.00. The molecule has 0 N–H and O–H groups in total. The molecule has 0 atom stereocenters. The molecule has 0 aliphatic rings. The van der Waals surface area contributed by atoms with Crippen molar-refractivity contribution in [3.8, 4) is 12.3 Å². The Morgan fingerprint density at radius 2 is 2.15 bits per heavy atom. The molecule has 0 amide bonds. The van der Waals surface area contributed by atoms with Gasteiger partial charge in [-0.15, -0.1) is 6.42 Å². The van der Waals surface area contributed by atoms with Crippen LogP contribution >= 0.6 is 0 Å². The van der Waals surface area contributed by atoms with Gasteiger partial charge < -0.3 is 10.3 Å². The Hall–Kier alpha value is -1.37. The number of ether oxygens (including phenoxy) is 1. The molecule has 13 heavy (non-hydrogen) atoms. The number of terminal acetylenes is 1. The molecule has 0 aromatic heterocycles. The Bertz CT molecular complexity index is 292. The van der Waals surface area contributed by atoms with Crippen LogP contribution in [0.1, 0.15) is 0 Å². The van der Waals surface area contributed by atoms with Gasteiger partial charge in [-0.2, -0.15) is 4.79 Å². The summed E-state index contributed by atoms with van der Waals surface area (Å²) in [4.78, 5) is 14.2. The van der Waals surface area contributed by atoms with Crippen LogP contribution in [0.25, 0.3) is 5.53 Å². The first-order valence-corrected chi connectivity index (χ1v) is 7.26. The lowest BCUT2D eigenvalue weighted by molar-refractivity contribution is -0.138. The minimum atomic E-state index is -1.94. The van der Waals surface area contributed by atoms with Crippen LogP contribution in [0.3, 0.4) is 0 Å². The molecule has 5 heteroatoms. The highest BCUT2D eigenvalue weighted by molar-refractivity contribution is 7.11. The third kappa shape index (κ3) is 3.70. The van der Waals surface area contributed by atoms with E-state index in [9.17, 15) is 4.79 Å². The maximum absolute atomic E-state index is 11.2. The number of carbonyl (C=O) groups excluding carboxylic acids is 1. The fraction of sp³-hybridized carbons (Fsp3) is 0.500. The monoisotopic (exact) mass is 196 g/mol. The van der Waals surface area contributed by atoms with Gasteiger partial charge in [-0.25, -0.2) is 4.79 Å². The fourth-order valence-corrected chi connectivity index (χ4v) is 1.66. The molecule has 0 spiro atoms. The van der Waals surface area contributed by atoms with Crippen LogP contribution in [-0.2, 0) is 9.53 Å². The van der Waals surface area contributed by atoms with Gasteiger partial charge in [0.05, 0.1) is 0 Å². The van der Waals surface area contributed by atoms with Crippen molar-refractivity contribution < 1.29 is 14.3 Å². The second-order valence-corrected chi connectivity index (χ2v) is 8.45. The second-order valence-electron chi connectivity index (χ2n) is 3.48. The average Bonchev–Trinajstić information content (AvgIpc) is 1.99. The number of hydrogen-bond donors (Lipinski definition) is 0. The minimum Gasteiger partial charge on any atom is -0.444 e. The number of nitrogens with zero attached hydrogens (tertiary/aromatic N) is 2. The van der Waals surface area contributed by atoms with E-state index in [0.29, 0.717) is 0 Å². The Kier molecular flexibility index (Phi) is 4.12. The molecular formula is C8H12N2O2Si. The quantitative estimate of drug-likeness (QED) is 0.167. The summed E-state index contributed by atoms with van der Waals surface area (Å²) in [7, 11) is -1.94. The van der Waals surface area contributed by atoms with Gasteiger partial charge in [0.2, 0.25) is 0 Å². The van der Waals surface area contributed by atoms with Crippen LogP contribution in [0.5, 0.6) is 0 Å². The van der Waals surface area contributed by atoms with E-state index in [-0.39, 0.29) is 11.9 Å². The van der Waals surface area contributed by atoms with Crippen molar-refractivity contribution in [1.29, 1.82) is 0 Å². The third-order valence-electron chi connectivity index (χ3n) is 1.29. The van der Waals surface area contributed by atoms with Gasteiger partial charge in [-0.05, 0) is 0 Å². The van der Waals surface area contributed by atoms with Crippen LogP contribution < -0.4 is 0 Å². The largest absolute Gasteiger partial charge is 0.444 e. The molecule has 0 fully saturated rings.